The molecule has 0 aliphatic rings. The number of nitriles is 1. The van der Waals surface area contributed by atoms with Crippen LogP contribution >= 0.6 is 0 Å². The number of benzene rings is 2. The van der Waals surface area contributed by atoms with Crippen molar-refractivity contribution in [2.75, 3.05) is 0 Å². The molecule has 0 fully saturated rings. The Morgan fingerprint density at radius 2 is 1.82 bits per heavy atom. The van der Waals surface area contributed by atoms with Crippen molar-refractivity contribution in [2.24, 2.45) is 0 Å². The minimum absolute atomic E-state index is 0.248. The molecule has 1 amide bonds. The molecule has 0 saturated carbocycles. The first-order chi connectivity index (χ1) is 10.6. The van der Waals surface area contributed by atoms with Gasteiger partial charge in [-0.2, -0.15) is 5.26 Å². The number of rotatable bonds is 4. The summed E-state index contributed by atoms with van der Waals surface area (Å²) in [5, 5.41) is 11.7. The Morgan fingerprint density at radius 1 is 1.18 bits per heavy atom. The highest BCUT2D eigenvalue weighted by molar-refractivity contribution is 5.67. The lowest BCUT2D eigenvalue weighted by Gasteiger charge is -2.12. The maximum absolute atomic E-state index is 11.7. The van der Waals surface area contributed by atoms with Crippen LogP contribution in [-0.4, -0.2) is 6.09 Å². The van der Waals surface area contributed by atoms with Crippen molar-refractivity contribution in [1.29, 1.82) is 5.26 Å². The van der Waals surface area contributed by atoms with Gasteiger partial charge in [0.05, 0.1) is 11.6 Å². The van der Waals surface area contributed by atoms with Crippen LogP contribution in [0.3, 0.4) is 0 Å². The lowest BCUT2D eigenvalue weighted by molar-refractivity contribution is 0.139. The topological polar surface area (TPSA) is 62.1 Å². The highest BCUT2D eigenvalue weighted by atomic mass is 16.5. The van der Waals surface area contributed by atoms with Crippen molar-refractivity contribution in [3.8, 4) is 6.07 Å². The van der Waals surface area contributed by atoms with Crippen LogP contribution in [0.2, 0.25) is 0 Å². The van der Waals surface area contributed by atoms with E-state index in [0.717, 1.165) is 22.3 Å². The van der Waals surface area contributed by atoms with Gasteiger partial charge in [0.25, 0.3) is 0 Å². The number of hydrogen-bond donors (Lipinski definition) is 1. The summed E-state index contributed by atoms with van der Waals surface area (Å²) in [6.45, 7) is 4.50. The van der Waals surface area contributed by atoms with Gasteiger partial charge in [0, 0.05) is 6.54 Å². The maximum Gasteiger partial charge on any atom is 0.407 e. The number of carbonyl (C=O) groups is 1. The first-order valence-electron chi connectivity index (χ1n) is 7.05. The number of alkyl carbamates (subject to hydrolysis) is 1. The summed E-state index contributed by atoms with van der Waals surface area (Å²) >= 11 is 0. The lowest BCUT2D eigenvalue weighted by atomic mass is 10.00. The summed E-state index contributed by atoms with van der Waals surface area (Å²) in [7, 11) is 0. The molecule has 0 aromatic heterocycles. The van der Waals surface area contributed by atoms with Crippen LogP contribution in [0, 0.1) is 25.2 Å². The second-order valence-corrected chi connectivity index (χ2v) is 5.12. The van der Waals surface area contributed by atoms with Gasteiger partial charge < -0.3 is 10.1 Å². The summed E-state index contributed by atoms with van der Waals surface area (Å²) in [5.74, 6) is 0. The monoisotopic (exact) mass is 294 g/mol. The number of hydrogen-bond acceptors (Lipinski definition) is 3. The number of aryl methyl sites for hydroxylation is 2. The summed E-state index contributed by atoms with van der Waals surface area (Å²) in [4.78, 5) is 11.7. The van der Waals surface area contributed by atoms with E-state index < -0.39 is 6.09 Å². The quantitative estimate of drug-likeness (QED) is 0.937. The molecule has 1 N–H and O–H groups in total. The third-order valence-electron chi connectivity index (χ3n) is 3.45. The minimum Gasteiger partial charge on any atom is -0.445 e. The maximum atomic E-state index is 11.7. The number of nitrogens with zero attached hydrogens (tertiary/aromatic N) is 1. The SMILES string of the molecule is Cc1cc(C#N)cc(C)c1CNC(=O)OCc1ccccc1. The highest BCUT2D eigenvalue weighted by Gasteiger charge is 2.08. The summed E-state index contributed by atoms with van der Waals surface area (Å²) < 4.78 is 5.17. The Balaban J connectivity index is 1.90. The molecule has 0 saturated heterocycles. The van der Waals surface area contributed by atoms with E-state index in [9.17, 15) is 4.79 Å². The second-order valence-electron chi connectivity index (χ2n) is 5.12. The van der Waals surface area contributed by atoms with E-state index in [2.05, 4.69) is 11.4 Å². The molecule has 22 heavy (non-hydrogen) atoms. The molecule has 2 aromatic rings. The van der Waals surface area contributed by atoms with Crippen LogP contribution in [0.25, 0.3) is 0 Å². The summed E-state index contributed by atoms with van der Waals surface area (Å²) in [5.41, 5.74) is 4.56. The molecule has 4 heteroatoms. The third kappa shape index (κ3) is 4.10. The van der Waals surface area contributed by atoms with E-state index in [1.54, 1.807) is 0 Å². The van der Waals surface area contributed by atoms with Crippen LogP contribution in [-0.2, 0) is 17.9 Å². The molecule has 0 heterocycles. The van der Waals surface area contributed by atoms with E-state index in [1.165, 1.54) is 0 Å². The molecule has 0 aliphatic carbocycles. The zero-order valence-electron chi connectivity index (χ0n) is 12.7. The van der Waals surface area contributed by atoms with E-state index in [1.807, 2.05) is 56.3 Å². The molecule has 112 valence electrons. The Bertz CT molecular complexity index is 680. The number of ether oxygens (including phenoxy) is 1. The lowest BCUT2D eigenvalue weighted by Crippen LogP contribution is -2.24. The molecular formula is C18H18N2O2. The van der Waals surface area contributed by atoms with Gasteiger partial charge in [-0.05, 0) is 48.2 Å². The van der Waals surface area contributed by atoms with E-state index in [0.29, 0.717) is 12.1 Å². The van der Waals surface area contributed by atoms with Crippen molar-refractivity contribution in [3.63, 3.8) is 0 Å². The van der Waals surface area contributed by atoms with Gasteiger partial charge in [-0.3, -0.25) is 0 Å². The molecule has 0 spiro atoms. The zero-order chi connectivity index (χ0) is 15.9. The number of nitrogens with one attached hydrogen (secondary N) is 1. The average Bonchev–Trinajstić information content (AvgIpc) is 2.52. The van der Waals surface area contributed by atoms with Crippen LogP contribution in [0.1, 0.15) is 27.8 Å². The van der Waals surface area contributed by atoms with Crippen molar-refractivity contribution >= 4 is 6.09 Å². The Kier molecular flexibility index (Phi) is 5.16. The molecule has 0 aliphatic heterocycles. The van der Waals surface area contributed by atoms with Crippen LogP contribution in [0.5, 0.6) is 0 Å². The van der Waals surface area contributed by atoms with Gasteiger partial charge in [0.1, 0.15) is 6.61 Å². The van der Waals surface area contributed by atoms with Crippen molar-refractivity contribution in [1.82, 2.24) is 5.32 Å². The second kappa shape index (κ2) is 7.28. The number of amides is 1. The van der Waals surface area contributed by atoms with E-state index in [4.69, 9.17) is 10.00 Å². The first-order valence-corrected chi connectivity index (χ1v) is 7.05. The average molecular weight is 294 g/mol. The Labute approximate surface area is 130 Å². The van der Waals surface area contributed by atoms with Gasteiger partial charge in [0.15, 0.2) is 0 Å². The molecule has 2 rings (SSSR count). The van der Waals surface area contributed by atoms with Crippen LogP contribution < -0.4 is 5.32 Å². The Hall–Kier alpha value is -2.80. The molecular weight excluding hydrogens is 276 g/mol. The van der Waals surface area contributed by atoms with Crippen molar-refractivity contribution in [3.05, 3.63) is 70.3 Å². The third-order valence-corrected chi connectivity index (χ3v) is 3.45. The van der Waals surface area contributed by atoms with Crippen molar-refractivity contribution in [2.45, 2.75) is 27.0 Å². The van der Waals surface area contributed by atoms with Gasteiger partial charge in [-0.1, -0.05) is 30.3 Å². The van der Waals surface area contributed by atoms with Gasteiger partial charge >= 0.3 is 6.09 Å². The molecule has 4 nitrogen and oxygen atoms in total. The fourth-order valence-electron chi connectivity index (χ4n) is 2.27. The smallest absolute Gasteiger partial charge is 0.407 e. The largest absolute Gasteiger partial charge is 0.445 e. The zero-order valence-corrected chi connectivity index (χ0v) is 12.7. The minimum atomic E-state index is -0.452. The Morgan fingerprint density at radius 3 is 2.41 bits per heavy atom. The molecule has 0 atom stereocenters. The molecule has 0 unspecified atom stereocenters. The molecule has 0 bridgehead atoms. The highest BCUT2D eigenvalue weighted by Crippen LogP contribution is 2.16. The predicted molar refractivity (Wildman–Crippen MR) is 84.1 cm³/mol. The summed E-state index contributed by atoms with van der Waals surface area (Å²) in [6, 6.07) is 15.3. The van der Waals surface area contributed by atoms with Crippen molar-refractivity contribution < 1.29 is 9.53 Å². The van der Waals surface area contributed by atoms with Crippen LogP contribution in [0.15, 0.2) is 42.5 Å². The van der Waals surface area contributed by atoms with E-state index >= 15 is 0 Å². The van der Waals surface area contributed by atoms with Gasteiger partial charge in [-0.15, -0.1) is 0 Å². The van der Waals surface area contributed by atoms with Gasteiger partial charge in [-0.25, -0.2) is 4.79 Å². The molecule has 2 aromatic carbocycles. The normalized spacial score (nSPS) is 9.86. The van der Waals surface area contributed by atoms with E-state index in [-0.39, 0.29) is 6.61 Å². The first kappa shape index (κ1) is 15.6. The van der Waals surface area contributed by atoms with Crippen LogP contribution in [0.4, 0.5) is 4.79 Å². The molecule has 0 radical (unpaired) electrons. The standard InChI is InChI=1S/C18H18N2O2/c1-13-8-16(10-19)9-14(2)17(13)11-20-18(21)22-12-15-6-4-3-5-7-15/h3-9H,11-12H2,1-2H3,(H,20,21). The fraction of sp³-hybridized carbons (Fsp3) is 0.222. The fourth-order valence-corrected chi connectivity index (χ4v) is 2.27. The number of carbonyl (C=O) groups excluding carboxylic acids is 1. The van der Waals surface area contributed by atoms with Gasteiger partial charge in [0.2, 0.25) is 0 Å². The predicted octanol–water partition coefficient (Wildman–Crippen LogP) is 3.60. The summed E-state index contributed by atoms with van der Waals surface area (Å²) in [6.07, 6.45) is -0.452.